The molecule has 2 aliphatic carbocycles. The van der Waals surface area contributed by atoms with Gasteiger partial charge in [-0.05, 0) is 47.9 Å². The average Bonchev–Trinajstić information content (AvgIpc) is 3.07. The van der Waals surface area contributed by atoms with E-state index in [2.05, 4.69) is 34.9 Å². The number of benzene rings is 2. The Morgan fingerprint density at radius 3 is 2.19 bits per heavy atom. The van der Waals surface area contributed by atoms with Crippen LogP contribution in [0, 0.1) is 0 Å². The Balaban J connectivity index is 1.20. The molecule has 0 unspecified atom stereocenters. The molecule has 0 bridgehead atoms. The molecule has 2 aliphatic rings. The number of carboxylic acid groups (broad SMARTS) is 1. The van der Waals surface area contributed by atoms with Crippen molar-refractivity contribution in [1.29, 1.82) is 0 Å². The minimum atomic E-state index is -0.901. The molecule has 0 radical (unpaired) electrons. The minimum Gasteiger partial charge on any atom is -0.481 e. The lowest BCUT2D eigenvalue weighted by Gasteiger charge is -2.41. The van der Waals surface area contributed by atoms with Crippen LogP contribution in [0.5, 0.6) is 0 Å². The van der Waals surface area contributed by atoms with E-state index in [0.717, 1.165) is 17.5 Å². The largest absolute Gasteiger partial charge is 0.481 e. The molecule has 2 amide bonds. The first-order valence-corrected chi connectivity index (χ1v) is 11.1. The van der Waals surface area contributed by atoms with Gasteiger partial charge >= 0.3 is 12.1 Å². The molecule has 32 heavy (non-hydrogen) atoms. The summed E-state index contributed by atoms with van der Waals surface area (Å²) in [6.07, 6.45) is 2.46. The van der Waals surface area contributed by atoms with E-state index in [4.69, 9.17) is 9.84 Å². The molecule has 168 valence electrons. The number of nitrogens with one attached hydrogen (secondary N) is 2. The second-order valence-electron chi connectivity index (χ2n) is 8.61. The number of alkyl carbamates (subject to hydrolysis) is 1. The highest BCUT2D eigenvalue weighted by Crippen LogP contribution is 2.44. The van der Waals surface area contributed by atoms with E-state index in [1.165, 1.54) is 11.1 Å². The van der Waals surface area contributed by atoms with Crippen LogP contribution in [0.25, 0.3) is 11.1 Å². The van der Waals surface area contributed by atoms with Crippen molar-refractivity contribution < 1.29 is 24.2 Å². The maximum atomic E-state index is 12.2. The third-order valence-corrected chi connectivity index (χ3v) is 6.40. The number of fused-ring (bicyclic) bond motifs is 3. The van der Waals surface area contributed by atoms with Gasteiger partial charge in [0.1, 0.15) is 6.61 Å². The quantitative estimate of drug-likeness (QED) is 0.519. The molecule has 4 rings (SSSR count). The van der Waals surface area contributed by atoms with Crippen LogP contribution in [0.2, 0.25) is 0 Å². The SMILES string of the molecule is O=C(O)CC1(NC(=O)CCCNC(=O)OCC2c3ccccc3-c3ccccc32)CCC1. The fourth-order valence-corrected chi connectivity index (χ4v) is 4.69. The van der Waals surface area contributed by atoms with Crippen molar-refractivity contribution in [3.63, 3.8) is 0 Å². The van der Waals surface area contributed by atoms with Gasteiger partial charge in [0.25, 0.3) is 0 Å². The fourth-order valence-electron chi connectivity index (χ4n) is 4.69. The second-order valence-corrected chi connectivity index (χ2v) is 8.61. The molecule has 0 atom stereocenters. The summed E-state index contributed by atoms with van der Waals surface area (Å²) in [5.74, 6) is -1.07. The van der Waals surface area contributed by atoms with E-state index < -0.39 is 17.6 Å². The maximum absolute atomic E-state index is 12.2. The molecule has 0 saturated heterocycles. The van der Waals surface area contributed by atoms with Crippen molar-refractivity contribution in [3.8, 4) is 11.1 Å². The summed E-state index contributed by atoms with van der Waals surface area (Å²) in [7, 11) is 0. The predicted octanol–water partition coefficient (Wildman–Crippen LogP) is 3.82. The Kier molecular flexibility index (Phi) is 6.44. The third-order valence-electron chi connectivity index (χ3n) is 6.40. The molecule has 0 aromatic heterocycles. The lowest BCUT2D eigenvalue weighted by molar-refractivity contribution is -0.140. The number of carbonyl (C=O) groups is 3. The molecule has 7 heteroatoms. The predicted molar refractivity (Wildman–Crippen MR) is 119 cm³/mol. The monoisotopic (exact) mass is 436 g/mol. The van der Waals surface area contributed by atoms with Crippen LogP contribution >= 0.6 is 0 Å². The normalized spacial score (nSPS) is 15.8. The van der Waals surface area contributed by atoms with Gasteiger partial charge in [-0.25, -0.2) is 4.79 Å². The van der Waals surface area contributed by atoms with Gasteiger partial charge in [0, 0.05) is 18.9 Å². The smallest absolute Gasteiger partial charge is 0.407 e. The lowest BCUT2D eigenvalue weighted by atomic mass is 9.74. The summed E-state index contributed by atoms with van der Waals surface area (Å²) >= 11 is 0. The molecular formula is C25H28N2O5. The van der Waals surface area contributed by atoms with Gasteiger partial charge in [0.2, 0.25) is 5.91 Å². The topological polar surface area (TPSA) is 105 Å². The zero-order chi connectivity index (χ0) is 22.6. The van der Waals surface area contributed by atoms with Crippen LogP contribution < -0.4 is 10.6 Å². The molecule has 0 spiro atoms. The molecule has 0 aliphatic heterocycles. The Hall–Kier alpha value is -3.35. The molecule has 7 nitrogen and oxygen atoms in total. The zero-order valence-electron chi connectivity index (χ0n) is 17.9. The summed E-state index contributed by atoms with van der Waals surface area (Å²) in [4.78, 5) is 35.3. The number of hydrogen-bond acceptors (Lipinski definition) is 4. The molecule has 1 fully saturated rings. The Labute approximate surface area is 187 Å². The first-order chi connectivity index (χ1) is 15.5. The number of carboxylic acids is 1. The van der Waals surface area contributed by atoms with Gasteiger partial charge in [-0.1, -0.05) is 48.5 Å². The van der Waals surface area contributed by atoms with Gasteiger partial charge in [0.05, 0.1) is 12.0 Å². The van der Waals surface area contributed by atoms with Crippen LogP contribution in [-0.4, -0.2) is 41.8 Å². The van der Waals surface area contributed by atoms with Crippen LogP contribution in [0.1, 0.15) is 55.6 Å². The Morgan fingerprint density at radius 2 is 1.62 bits per heavy atom. The standard InChI is InChI=1S/C25H28N2O5/c28-22(27-25(12-6-13-25)15-23(29)30)11-5-14-26-24(31)32-16-21-19-9-3-1-7-17(19)18-8-2-4-10-20(18)21/h1-4,7-10,21H,5-6,11-16H2,(H,26,31)(H,27,28)(H,29,30). The van der Waals surface area contributed by atoms with Gasteiger partial charge in [-0.15, -0.1) is 0 Å². The Morgan fingerprint density at radius 1 is 1.00 bits per heavy atom. The van der Waals surface area contributed by atoms with E-state index in [0.29, 0.717) is 25.8 Å². The van der Waals surface area contributed by atoms with Gasteiger partial charge in [-0.3, -0.25) is 9.59 Å². The Bertz CT molecular complexity index is 969. The highest BCUT2D eigenvalue weighted by atomic mass is 16.5. The number of rotatable bonds is 9. The van der Waals surface area contributed by atoms with Crippen LogP contribution in [0.3, 0.4) is 0 Å². The highest BCUT2D eigenvalue weighted by Gasteiger charge is 2.40. The van der Waals surface area contributed by atoms with E-state index in [-0.39, 0.29) is 31.3 Å². The number of ether oxygens (including phenoxy) is 1. The third kappa shape index (κ3) is 4.77. The van der Waals surface area contributed by atoms with Gasteiger partial charge < -0.3 is 20.5 Å². The fraction of sp³-hybridized carbons (Fsp3) is 0.400. The molecule has 2 aromatic rings. The number of hydrogen-bond donors (Lipinski definition) is 3. The number of carbonyl (C=O) groups excluding carboxylic acids is 2. The van der Waals surface area contributed by atoms with Crippen molar-refractivity contribution in [1.82, 2.24) is 10.6 Å². The van der Waals surface area contributed by atoms with E-state index >= 15 is 0 Å². The average molecular weight is 437 g/mol. The molecule has 1 saturated carbocycles. The number of amides is 2. The molecule has 3 N–H and O–H groups in total. The second kappa shape index (κ2) is 9.42. The van der Waals surface area contributed by atoms with Gasteiger partial charge in [0.15, 0.2) is 0 Å². The van der Waals surface area contributed by atoms with E-state index in [1.54, 1.807) is 0 Å². The summed E-state index contributed by atoms with van der Waals surface area (Å²) < 4.78 is 5.48. The van der Waals surface area contributed by atoms with Crippen LogP contribution in [0.4, 0.5) is 4.79 Å². The first kappa shape index (κ1) is 21.9. The van der Waals surface area contributed by atoms with E-state index in [9.17, 15) is 14.4 Å². The minimum absolute atomic E-state index is 0.00632. The van der Waals surface area contributed by atoms with Crippen molar-refractivity contribution in [2.75, 3.05) is 13.2 Å². The highest BCUT2D eigenvalue weighted by molar-refractivity contribution is 5.79. The summed E-state index contributed by atoms with van der Waals surface area (Å²) in [6, 6.07) is 16.3. The summed E-state index contributed by atoms with van der Waals surface area (Å²) in [5, 5.41) is 14.6. The van der Waals surface area contributed by atoms with Crippen molar-refractivity contribution >= 4 is 18.0 Å². The molecular weight excluding hydrogens is 408 g/mol. The summed E-state index contributed by atoms with van der Waals surface area (Å²) in [5.41, 5.74) is 4.07. The van der Waals surface area contributed by atoms with Crippen molar-refractivity contribution in [2.45, 2.75) is 50.0 Å². The molecule has 0 heterocycles. The molecule has 2 aromatic carbocycles. The lowest BCUT2D eigenvalue weighted by Crippen LogP contribution is -2.54. The first-order valence-electron chi connectivity index (χ1n) is 11.1. The maximum Gasteiger partial charge on any atom is 0.407 e. The van der Waals surface area contributed by atoms with Crippen molar-refractivity contribution in [3.05, 3.63) is 59.7 Å². The van der Waals surface area contributed by atoms with Crippen molar-refractivity contribution in [2.24, 2.45) is 0 Å². The summed E-state index contributed by atoms with van der Waals surface area (Å²) in [6.45, 7) is 0.564. The van der Waals surface area contributed by atoms with Crippen LogP contribution in [-0.2, 0) is 14.3 Å². The van der Waals surface area contributed by atoms with Crippen LogP contribution in [0.15, 0.2) is 48.5 Å². The van der Waals surface area contributed by atoms with Gasteiger partial charge in [-0.2, -0.15) is 0 Å². The van der Waals surface area contributed by atoms with E-state index in [1.807, 2.05) is 24.3 Å². The zero-order valence-corrected chi connectivity index (χ0v) is 17.9. The number of aliphatic carboxylic acids is 1.